The van der Waals surface area contributed by atoms with Crippen LogP contribution in [0.3, 0.4) is 0 Å². The zero-order valence-corrected chi connectivity index (χ0v) is 12.2. The molecule has 1 fully saturated rings. The molecule has 2 N–H and O–H groups in total. The van der Waals surface area contributed by atoms with E-state index in [0.29, 0.717) is 17.3 Å². The fourth-order valence-corrected chi connectivity index (χ4v) is 2.14. The predicted octanol–water partition coefficient (Wildman–Crippen LogP) is 0.740. The molecular weight excluding hydrogens is 278 g/mol. The molecule has 0 unspecified atom stereocenters. The number of piperazine rings is 1. The minimum Gasteiger partial charge on any atom is -0.484 e. The first-order valence-corrected chi connectivity index (χ1v) is 7.20. The Kier molecular flexibility index (Phi) is 6.11. The zero-order chi connectivity index (χ0) is 14.2. The molecule has 1 aliphatic heterocycles. The third-order valence-corrected chi connectivity index (χ3v) is 3.40. The van der Waals surface area contributed by atoms with Gasteiger partial charge in [-0.1, -0.05) is 11.6 Å². The maximum atomic E-state index is 11.6. The number of carbonyl (C=O) groups is 1. The van der Waals surface area contributed by atoms with Gasteiger partial charge in [-0.2, -0.15) is 0 Å². The Bertz CT molecular complexity index is 419. The Labute approximate surface area is 124 Å². The van der Waals surface area contributed by atoms with E-state index in [1.54, 1.807) is 24.3 Å². The predicted molar refractivity (Wildman–Crippen MR) is 79.3 cm³/mol. The van der Waals surface area contributed by atoms with Crippen LogP contribution in [-0.4, -0.2) is 56.7 Å². The largest absolute Gasteiger partial charge is 0.484 e. The number of nitrogens with one attached hydrogen (secondary N) is 2. The van der Waals surface area contributed by atoms with Gasteiger partial charge in [-0.15, -0.1) is 0 Å². The van der Waals surface area contributed by atoms with E-state index in [0.717, 1.165) is 32.7 Å². The fourth-order valence-electron chi connectivity index (χ4n) is 2.02. The van der Waals surface area contributed by atoms with Crippen molar-refractivity contribution in [1.82, 2.24) is 15.5 Å². The molecule has 6 heteroatoms. The molecule has 1 amide bonds. The van der Waals surface area contributed by atoms with Gasteiger partial charge in [-0.3, -0.25) is 9.69 Å². The molecule has 1 saturated heterocycles. The van der Waals surface area contributed by atoms with Crippen LogP contribution in [0.25, 0.3) is 0 Å². The Balaban J connectivity index is 1.59. The van der Waals surface area contributed by atoms with Gasteiger partial charge in [0.2, 0.25) is 0 Å². The zero-order valence-electron chi connectivity index (χ0n) is 11.4. The van der Waals surface area contributed by atoms with E-state index in [-0.39, 0.29) is 12.5 Å². The summed E-state index contributed by atoms with van der Waals surface area (Å²) in [7, 11) is 0. The summed E-state index contributed by atoms with van der Waals surface area (Å²) in [6, 6.07) is 6.96. The Morgan fingerprint density at radius 3 is 2.70 bits per heavy atom. The monoisotopic (exact) mass is 297 g/mol. The van der Waals surface area contributed by atoms with E-state index in [1.165, 1.54) is 0 Å². The molecule has 110 valence electrons. The van der Waals surface area contributed by atoms with Gasteiger partial charge < -0.3 is 15.4 Å². The molecule has 0 radical (unpaired) electrons. The molecule has 5 nitrogen and oxygen atoms in total. The lowest BCUT2D eigenvalue weighted by molar-refractivity contribution is -0.123. The summed E-state index contributed by atoms with van der Waals surface area (Å²) in [6.45, 7) is 5.69. The van der Waals surface area contributed by atoms with Crippen molar-refractivity contribution in [2.45, 2.75) is 0 Å². The Hall–Kier alpha value is -1.30. The number of halogens is 1. The lowest BCUT2D eigenvalue weighted by Crippen LogP contribution is -2.46. The Morgan fingerprint density at radius 2 is 2.00 bits per heavy atom. The van der Waals surface area contributed by atoms with Crippen molar-refractivity contribution in [3.05, 3.63) is 29.3 Å². The number of carbonyl (C=O) groups excluding carboxylic acids is 1. The number of rotatable bonds is 6. The first-order valence-electron chi connectivity index (χ1n) is 6.82. The van der Waals surface area contributed by atoms with E-state index in [9.17, 15) is 4.79 Å². The third kappa shape index (κ3) is 5.36. The van der Waals surface area contributed by atoms with E-state index in [2.05, 4.69) is 15.5 Å². The van der Waals surface area contributed by atoms with Gasteiger partial charge in [0.25, 0.3) is 5.91 Å². The second kappa shape index (κ2) is 8.09. The van der Waals surface area contributed by atoms with Crippen LogP contribution in [0.5, 0.6) is 5.75 Å². The summed E-state index contributed by atoms with van der Waals surface area (Å²) < 4.78 is 5.37. The van der Waals surface area contributed by atoms with Crippen LogP contribution in [0, 0.1) is 0 Å². The highest BCUT2D eigenvalue weighted by molar-refractivity contribution is 6.30. The molecule has 0 spiro atoms. The molecule has 1 aromatic carbocycles. The average Bonchev–Trinajstić information content (AvgIpc) is 2.48. The number of benzene rings is 1. The third-order valence-electron chi connectivity index (χ3n) is 3.14. The van der Waals surface area contributed by atoms with Crippen LogP contribution >= 0.6 is 11.6 Å². The topological polar surface area (TPSA) is 53.6 Å². The normalized spacial score (nSPS) is 15.8. The molecule has 1 aromatic rings. The number of hydrogen-bond acceptors (Lipinski definition) is 4. The second-order valence-electron chi connectivity index (χ2n) is 4.68. The van der Waals surface area contributed by atoms with Gasteiger partial charge in [-0.05, 0) is 24.3 Å². The number of amides is 1. The van der Waals surface area contributed by atoms with E-state index in [1.807, 2.05) is 0 Å². The van der Waals surface area contributed by atoms with Crippen molar-refractivity contribution in [3.63, 3.8) is 0 Å². The minimum absolute atomic E-state index is 0.0309. The van der Waals surface area contributed by atoms with Crippen molar-refractivity contribution < 1.29 is 9.53 Å². The summed E-state index contributed by atoms with van der Waals surface area (Å²) in [5, 5.41) is 6.81. The molecule has 2 rings (SSSR count). The van der Waals surface area contributed by atoms with Crippen molar-refractivity contribution >= 4 is 17.5 Å². The summed E-state index contributed by atoms with van der Waals surface area (Å²) in [5.41, 5.74) is 0. The van der Waals surface area contributed by atoms with E-state index < -0.39 is 0 Å². The molecule has 0 bridgehead atoms. The van der Waals surface area contributed by atoms with Crippen molar-refractivity contribution in [2.24, 2.45) is 0 Å². The fraction of sp³-hybridized carbons (Fsp3) is 0.500. The number of nitrogens with zero attached hydrogens (tertiary/aromatic N) is 1. The van der Waals surface area contributed by atoms with Gasteiger partial charge >= 0.3 is 0 Å². The summed E-state index contributed by atoms with van der Waals surface area (Å²) in [4.78, 5) is 14.0. The first-order chi connectivity index (χ1) is 9.74. The van der Waals surface area contributed by atoms with Crippen molar-refractivity contribution in [1.29, 1.82) is 0 Å². The summed E-state index contributed by atoms with van der Waals surface area (Å²) in [6.07, 6.45) is 0. The van der Waals surface area contributed by atoms with E-state index in [4.69, 9.17) is 16.3 Å². The standard InChI is InChI=1S/C14H20ClN3O2/c15-12-1-3-13(4-2-12)20-11-14(19)17-7-10-18-8-5-16-6-9-18/h1-4,16H,5-11H2,(H,17,19). The minimum atomic E-state index is -0.102. The molecule has 0 aromatic heterocycles. The van der Waals surface area contributed by atoms with Gasteiger partial charge in [0.1, 0.15) is 5.75 Å². The van der Waals surface area contributed by atoms with Gasteiger partial charge in [0.15, 0.2) is 6.61 Å². The lowest BCUT2D eigenvalue weighted by Gasteiger charge is -2.27. The average molecular weight is 298 g/mol. The summed E-state index contributed by atoms with van der Waals surface area (Å²) in [5.74, 6) is 0.543. The van der Waals surface area contributed by atoms with Gasteiger partial charge in [0.05, 0.1) is 0 Å². The maximum absolute atomic E-state index is 11.6. The van der Waals surface area contributed by atoms with Crippen LogP contribution in [0.15, 0.2) is 24.3 Å². The number of hydrogen-bond donors (Lipinski definition) is 2. The SMILES string of the molecule is O=C(COc1ccc(Cl)cc1)NCCN1CCNCC1. The Morgan fingerprint density at radius 1 is 1.30 bits per heavy atom. The second-order valence-corrected chi connectivity index (χ2v) is 5.12. The molecule has 0 saturated carbocycles. The maximum Gasteiger partial charge on any atom is 0.257 e. The molecule has 1 heterocycles. The molecule has 1 aliphatic rings. The van der Waals surface area contributed by atoms with Gasteiger partial charge in [0, 0.05) is 44.3 Å². The van der Waals surface area contributed by atoms with E-state index >= 15 is 0 Å². The van der Waals surface area contributed by atoms with Crippen LogP contribution in [0.2, 0.25) is 5.02 Å². The van der Waals surface area contributed by atoms with Crippen LogP contribution in [0.4, 0.5) is 0 Å². The van der Waals surface area contributed by atoms with Crippen molar-refractivity contribution in [3.8, 4) is 5.75 Å². The number of ether oxygens (including phenoxy) is 1. The summed E-state index contributed by atoms with van der Waals surface area (Å²) >= 11 is 5.77. The van der Waals surface area contributed by atoms with Crippen LogP contribution in [0.1, 0.15) is 0 Å². The van der Waals surface area contributed by atoms with Crippen LogP contribution in [-0.2, 0) is 4.79 Å². The smallest absolute Gasteiger partial charge is 0.257 e. The van der Waals surface area contributed by atoms with Gasteiger partial charge in [-0.25, -0.2) is 0 Å². The molecular formula is C14H20ClN3O2. The molecule has 0 atom stereocenters. The first kappa shape index (κ1) is 15.1. The molecule has 20 heavy (non-hydrogen) atoms. The highest BCUT2D eigenvalue weighted by Gasteiger charge is 2.09. The molecule has 0 aliphatic carbocycles. The quantitative estimate of drug-likeness (QED) is 0.813. The van der Waals surface area contributed by atoms with Crippen LogP contribution < -0.4 is 15.4 Å². The highest BCUT2D eigenvalue weighted by Crippen LogP contribution is 2.15. The van der Waals surface area contributed by atoms with Crippen molar-refractivity contribution in [2.75, 3.05) is 45.9 Å². The lowest BCUT2D eigenvalue weighted by atomic mass is 10.3. The highest BCUT2D eigenvalue weighted by atomic mass is 35.5.